The van der Waals surface area contributed by atoms with E-state index in [0.717, 1.165) is 11.5 Å². The average molecular weight is 218 g/mol. The minimum atomic E-state index is -0.426. The largest absolute Gasteiger partial charge is 0.301 e. The molecule has 0 saturated carbocycles. The molecule has 0 saturated heterocycles. The van der Waals surface area contributed by atoms with E-state index in [0.29, 0.717) is 17.5 Å². The summed E-state index contributed by atoms with van der Waals surface area (Å²) in [7, 11) is 0. The first-order chi connectivity index (χ1) is 7.61. The van der Waals surface area contributed by atoms with Gasteiger partial charge in [-0.15, -0.1) is 0 Å². The summed E-state index contributed by atoms with van der Waals surface area (Å²) in [6, 6.07) is 4.38. The van der Waals surface area contributed by atoms with Gasteiger partial charge in [0.1, 0.15) is 17.9 Å². The maximum absolute atomic E-state index is 13.7. The fourth-order valence-corrected chi connectivity index (χ4v) is 1.65. The van der Waals surface area contributed by atoms with Gasteiger partial charge in [0.05, 0.1) is 11.4 Å². The SMILES string of the molecule is Cc1cn(-c2ccc(C=O)cc2F)c(C)n1. The standard InChI is InChI=1S/C12H11FN2O/c1-8-6-15(9(2)14-8)12-4-3-10(7-16)5-11(12)13/h3-7H,1-2H3. The van der Waals surface area contributed by atoms with Crippen LogP contribution >= 0.6 is 0 Å². The van der Waals surface area contributed by atoms with Crippen molar-refractivity contribution in [3.05, 3.63) is 47.3 Å². The number of carbonyl (C=O) groups excluding carboxylic acids is 1. The van der Waals surface area contributed by atoms with Crippen LogP contribution in [-0.2, 0) is 0 Å². The van der Waals surface area contributed by atoms with E-state index in [4.69, 9.17) is 0 Å². The van der Waals surface area contributed by atoms with Gasteiger partial charge in [-0.2, -0.15) is 0 Å². The van der Waals surface area contributed by atoms with Crippen LogP contribution in [0.15, 0.2) is 24.4 Å². The Hall–Kier alpha value is -1.97. The number of hydrogen-bond acceptors (Lipinski definition) is 2. The highest BCUT2D eigenvalue weighted by Gasteiger charge is 2.08. The van der Waals surface area contributed by atoms with Crippen molar-refractivity contribution in [3.63, 3.8) is 0 Å². The van der Waals surface area contributed by atoms with Crippen molar-refractivity contribution in [1.82, 2.24) is 9.55 Å². The molecule has 16 heavy (non-hydrogen) atoms. The van der Waals surface area contributed by atoms with Crippen LogP contribution in [0.5, 0.6) is 0 Å². The quantitative estimate of drug-likeness (QED) is 0.725. The van der Waals surface area contributed by atoms with Gasteiger partial charge in [-0.25, -0.2) is 9.37 Å². The van der Waals surface area contributed by atoms with Gasteiger partial charge < -0.3 is 4.57 Å². The van der Waals surface area contributed by atoms with Gasteiger partial charge in [-0.3, -0.25) is 4.79 Å². The molecule has 0 bridgehead atoms. The van der Waals surface area contributed by atoms with Crippen molar-refractivity contribution in [1.29, 1.82) is 0 Å². The van der Waals surface area contributed by atoms with E-state index in [9.17, 15) is 9.18 Å². The van der Waals surface area contributed by atoms with Crippen LogP contribution in [0.25, 0.3) is 5.69 Å². The van der Waals surface area contributed by atoms with E-state index in [-0.39, 0.29) is 0 Å². The van der Waals surface area contributed by atoms with Crippen molar-refractivity contribution in [2.75, 3.05) is 0 Å². The molecule has 0 aliphatic rings. The Bertz CT molecular complexity index is 546. The van der Waals surface area contributed by atoms with E-state index in [2.05, 4.69) is 4.98 Å². The summed E-state index contributed by atoms with van der Waals surface area (Å²) < 4.78 is 15.4. The summed E-state index contributed by atoms with van der Waals surface area (Å²) in [5.41, 5.74) is 1.57. The third kappa shape index (κ3) is 1.74. The molecular formula is C12H11FN2O. The third-order valence-electron chi connectivity index (χ3n) is 2.37. The zero-order valence-electron chi connectivity index (χ0n) is 9.07. The number of rotatable bonds is 2. The van der Waals surface area contributed by atoms with Crippen LogP contribution in [-0.4, -0.2) is 15.8 Å². The molecule has 0 amide bonds. The molecule has 0 fully saturated rings. The normalized spacial score (nSPS) is 10.4. The van der Waals surface area contributed by atoms with Gasteiger partial charge in [-0.05, 0) is 32.0 Å². The van der Waals surface area contributed by atoms with E-state index < -0.39 is 5.82 Å². The molecule has 0 radical (unpaired) electrons. The first kappa shape index (κ1) is 10.5. The summed E-state index contributed by atoms with van der Waals surface area (Å²) in [4.78, 5) is 14.7. The second-order valence-corrected chi connectivity index (χ2v) is 3.63. The van der Waals surface area contributed by atoms with Crippen molar-refractivity contribution < 1.29 is 9.18 Å². The van der Waals surface area contributed by atoms with E-state index in [1.54, 1.807) is 29.8 Å². The topological polar surface area (TPSA) is 34.9 Å². The molecule has 82 valence electrons. The van der Waals surface area contributed by atoms with Gasteiger partial charge in [-0.1, -0.05) is 0 Å². The van der Waals surface area contributed by atoms with Gasteiger partial charge in [0.2, 0.25) is 0 Å². The Morgan fingerprint density at radius 3 is 2.62 bits per heavy atom. The molecule has 0 aliphatic carbocycles. The number of imidazole rings is 1. The highest BCUT2D eigenvalue weighted by Crippen LogP contribution is 2.17. The molecule has 0 spiro atoms. The molecule has 0 aliphatic heterocycles. The van der Waals surface area contributed by atoms with Gasteiger partial charge in [0, 0.05) is 11.8 Å². The number of aromatic nitrogens is 2. The van der Waals surface area contributed by atoms with Crippen LogP contribution in [0.1, 0.15) is 21.9 Å². The lowest BCUT2D eigenvalue weighted by atomic mass is 10.2. The molecule has 2 aromatic rings. The van der Waals surface area contributed by atoms with Crippen LogP contribution in [0.2, 0.25) is 0 Å². The van der Waals surface area contributed by atoms with E-state index >= 15 is 0 Å². The Kier molecular flexibility index (Phi) is 2.56. The summed E-state index contributed by atoms with van der Waals surface area (Å²) in [6.07, 6.45) is 2.38. The van der Waals surface area contributed by atoms with Gasteiger partial charge in [0.25, 0.3) is 0 Å². The van der Waals surface area contributed by atoms with Crippen LogP contribution in [0.3, 0.4) is 0 Å². The zero-order chi connectivity index (χ0) is 11.7. The second-order valence-electron chi connectivity index (χ2n) is 3.63. The number of nitrogens with zero attached hydrogens (tertiary/aromatic N) is 2. The number of aryl methyl sites for hydroxylation is 2. The molecular weight excluding hydrogens is 207 g/mol. The summed E-state index contributed by atoms with van der Waals surface area (Å²) >= 11 is 0. The fourth-order valence-electron chi connectivity index (χ4n) is 1.65. The summed E-state index contributed by atoms with van der Waals surface area (Å²) in [5.74, 6) is 0.292. The van der Waals surface area contributed by atoms with Crippen molar-refractivity contribution in [3.8, 4) is 5.69 Å². The minimum absolute atomic E-state index is 0.329. The lowest BCUT2D eigenvalue weighted by Crippen LogP contribution is -1.99. The van der Waals surface area contributed by atoms with Crippen molar-refractivity contribution in [2.24, 2.45) is 0 Å². The van der Waals surface area contributed by atoms with Crippen LogP contribution in [0.4, 0.5) is 4.39 Å². The molecule has 2 rings (SSSR count). The zero-order valence-corrected chi connectivity index (χ0v) is 9.07. The average Bonchev–Trinajstić information content (AvgIpc) is 2.57. The Morgan fingerprint density at radius 1 is 1.38 bits per heavy atom. The molecule has 1 heterocycles. The van der Waals surface area contributed by atoms with E-state index in [1.165, 1.54) is 6.07 Å². The number of carbonyl (C=O) groups is 1. The molecule has 3 nitrogen and oxygen atoms in total. The molecule has 0 atom stereocenters. The number of benzene rings is 1. The van der Waals surface area contributed by atoms with Crippen molar-refractivity contribution >= 4 is 6.29 Å². The monoisotopic (exact) mass is 218 g/mol. The van der Waals surface area contributed by atoms with Crippen molar-refractivity contribution in [2.45, 2.75) is 13.8 Å². The fraction of sp³-hybridized carbons (Fsp3) is 0.167. The lowest BCUT2D eigenvalue weighted by molar-refractivity contribution is 0.112. The lowest BCUT2D eigenvalue weighted by Gasteiger charge is -2.06. The third-order valence-corrected chi connectivity index (χ3v) is 2.37. The molecule has 0 unspecified atom stereocenters. The Balaban J connectivity index is 2.56. The molecule has 1 aromatic heterocycles. The van der Waals surface area contributed by atoms with E-state index in [1.807, 2.05) is 6.92 Å². The minimum Gasteiger partial charge on any atom is -0.301 e. The van der Waals surface area contributed by atoms with Crippen LogP contribution < -0.4 is 0 Å². The number of halogens is 1. The van der Waals surface area contributed by atoms with Crippen LogP contribution in [0, 0.1) is 19.7 Å². The second kappa shape index (κ2) is 3.89. The highest BCUT2D eigenvalue weighted by atomic mass is 19.1. The smallest absolute Gasteiger partial charge is 0.150 e. The molecule has 4 heteroatoms. The first-order valence-corrected chi connectivity index (χ1v) is 4.89. The maximum Gasteiger partial charge on any atom is 0.150 e. The summed E-state index contributed by atoms with van der Waals surface area (Å²) in [5, 5.41) is 0. The molecule has 0 N–H and O–H groups in total. The first-order valence-electron chi connectivity index (χ1n) is 4.89. The maximum atomic E-state index is 13.7. The predicted molar refractivity (Wildman–Crippen MR) is 58.4 cm³/mol. The predicted octanol–water partition coefficient (Wildman–Crippen LogP) is 2.44. The summed E-state index contributed by atoms with van der Waals surface area (Å²) in [6.45, 7) is 3.65. The molecule has 1 aromatic carbocycles. The van der Waals surface area contributed by atoms with Gasteiger partial charge >= 0.3 is 0 Å². The van der Waals surface area contributed by atoms with Gasteiger partial charge in [0.15, 0.2) is 0 Å². The number of aldehydes is 1. The highest BCUT2D eigenvalue weighted by molar-refractivity contribution is 5.75. The Labute approximate surface area is 92.5 Å². The Morgan fingerprint density at radius 2 is 2.12 bits per heavy atom. The number of hydrogen-bond donors (Lipinski definition) is 0.